The number of hydrogen-bond donors (Lipinski definition) is 1. The molecule has 0 aliphatic carbocycles. The number of nitrogens with zero attached hydrogens (tertiary/aromatic N) is 2. The molecule has 1 atom stereocenters. The molecule has 0 amide bonds. The lowest BCUT2D eigenvalue weighted by Gasteiger charge is -2.20. The molecule has 1 aliphatic rings. The summed E-state index contributed by atoms with van der Waals surface area (Å²) in [4.78, 5) is 2.11. The Labute approximate surface area is 100 Å². The molecule has 0 radical (unpaired) electrons. The maximum Gasteiger partial charge on any atom is 0.123 e. The summed E-state index contributed by atoms with van der Waals surface area (Å²) < 4.78 is 0. The van der Waals surface area contributed by atoms with Crippen LogP contribution in [0.2, 0.25) is 5.02 Å². The molecule has 1 heterocycles. The summed E-state index contributed by atoms with van der Waals surface area (Å²) in [7, 11) is 0. The van der Waals surface area contributed by atoms with Crippen LogP contribution in [0.25, 0.3) is 0 Å². The van der Waals surface area contributed by atoms with E-state index in [9.17, 15) is 0 Å². The molecule has 1 fully saturated rings. The molecule has 0 bridgehead atoms. The van der Waals surface area contributed by atoms with E-state index in [-0.39, 0.29) is 0 Å². The average Bonchev–Trinajstić information content (AvgIpc) is 2.66. The van der Waals surface area contributed by atoms with Crippen LogP contribution in [0.4, 0.5) is 5.69 Å². The molecule has 2 N–H and O–H groups in total. The topological polar surface area (TPSA) is 53.0 Å². The van der Waals surface area contributed by atoms with E-state index in [0.29, 0.717) is 13.0 Å². The van der Waals surface area contributed by atoms with E-state index < -0.39 is 5.54 Å². The van der Waals surface area contributed by atoms with Gasteiger partial charge in [-0.2, -0.15) is 5.26 Å². The molecule has 0 aromatic heterocycles. The van der Waals surface area contributed by atoms with Crippen LogP contribution in [-0.2, 0) is 0 Å². The third-order valence-electron chi connectivity index (χ3n) is 3.04. The van der Waals surface area contributed by atoms with E-state index in [1.165, 1.54) is 0 Å². The summed E-state index contributed by atoms with van der Waals surface area (Å²) in [6, 6.07) is 8.10. The molecule has 1 aliphatic heterocycles. The van der Waals surface area contributed by atoms with Gasteiger partial charge in [-0.25, -0.2) is 0 Å². The SMILES string of the molecule is Cc1ccc(N2CCC(N)(C#N)C2)cc1Cl. The zero-order valence-electron chi connectivity index (χ0n) is 9.20. The van der Waals surface area contributed by atoms with Gasteiger partial charge in [0.2, 0.25) is 0 Å². The predicted molar refractivity (Wildman–Crippen MR) is 65.6 cm³/mol. The minimum absolute atomic E-state index is 0.572. The lowest BCUT2D eigenvalue weighted by molar-refractivity contribution is 0.606. The summed E-state index contributed by atoms with van der Waals surface area (Å²) in [6.07, 6.45) is 0.703. The molecule has 1 aromatic carbocycles. The highest BCUT2D eigenvalue weighted by atomic mass is 35.5. The fourth-order valence-corrected chi connectivity index (χ4v) is 2.10. The number of nitriles is 1. The van der Waals surface area contributed by atoms with E-state index in [4.69, 9.17) is 22.6 Å². The Morgan fingerprint density at radius 2 is 2.31 bits per heavy atom. The second kappa shape index (κ2) is 3.97. The quantitative estimate of drug-likeness (QED) is 0.811. The van der Waals surface area contributed by atoms with Gasteiger partial charge in [0, 0.05) is 23.8 Å². The summed E-state index contributed by atoms with van der Waals surface area (Å²) in [5.74, 6) is 0. The lowest BCUT2D eigenvalue weighted by Crippen LogP contribution is -2.41. The molecule has 2 rings (SSSR count). The molecule has 0 spiro atoms. The molecule has 3 nitrogen and oxygen atoms in total. The first-order valence-electron chi connectivity index (χ1n) is 5.25. The highest BCUT2D eigenvalue weighted by Gasteiger charge is 2.34. The van der Waals surface area contributed by atoms with Gasteiger partial charge < -0.3 is 10.6 Å². The molecule has 1 saturated heterocycles. The van der Waals surface area contributed by atoms with Crippen LogP contribution in [0, 0.1) is 18.3 Å². The molecule has 84 valence electrons. The van der Waals surface area contributed by atoms with E-state index in [1.54, 1.807) is 0 Å². The summed E-state index contributed by atoms with van der Waals surface area (Å²) in [5.41, 5.74) is 7.31. The first-order valence-corrected chi connectivity index (χ1v) is 5.63. The van der Waals surface area contributed by atoms with Gasteiger partial charge in [0.1, 0.15) is 5.54 Å². The van der Waals surface area contributed by atoms with Crippen LogP contribution in [0.5, 0.6) is 0 Å². The highest BCUT2D eigenvalue weighted by molar-refractivity contribution is 6.31. The number of hydrogen-bond acceptors (Lipinski definition) is 3. The van der Waals surface area contributed by atoms with E-state index in [2.05, 4.69) is 11.0 Å². The standard InChI is InChI=1S/C12H14ClN3/c1-9-2-3-10(6-11(9)13)16-5-4-12(15,7-14)8-16/h2-3,6H,4-5,8,15H2,1H3. The van der Waals surface area contributed by atoms with Crippen molar-refractivity contribution in [2.24, 2.45) is 5.73 Å². The van der Waals surface area contributed by atoms with Crippen molar-refractivity contribution >= 4 is 17.3 Å². The number of anilines is 1. The molecule has 1 unspecified atom stereocenters. The van der Waals surface area contributed by atoms with Crippen molar-refractivity contribution in [1.82, 2.24) is 0 Å². The maximum atomic E-state index is 8.96. The number of halogens is 1. The van der Waals surface area contributed by atoms with Crippen molar-refractivity contribution < 1.29 is 0 Å². The minimum atomic E-state index is -0.711. The molecule has 0 saturated carbocycles. The number of rotatable bonds is 1. The Kier molecular flexibility index (Phi) is 2.79. The van der Waals surface area contributed by atoms with Gasteiger partial charge in [0.25, 0.3) is 0 Å². The first-order chi connectivity index (χ1) is 7.54. The van der Waals surface area contributed by atoms with Crippen LogP contribution >= 0.6 is 11.6 Å². The largest absolute Gasteiger partial charge is 0.368 e. The van der Waals surface area contributed by atoms with Crippen LogP contribution in [0.3, 0.4) is 0 Å². The van der Waals surface area contributed by atoms with Gasteiger partial charge in [-0.3, -0.25) is 0 Å². The van der Waals surface area contributed by atoms with Crippen molar-refractivity contribution in [3.63, 3.8) is 0 Å². The van der Waals surface area contributed by atoms with Crippen molar-refractivity contribution in [3.05, 3.63) is 28.8 Å². The monoisotopic (exact) mass is 235 g/mol. The zero-order chi connectivity index (χ0) is 11.8. The fourth-order valence-electron chi connectivity index (χ4n) is 1.92. The van der Waals surface area contributed by atoms with Crippen molar-refractivity contribution in [1.29, 1.82) is 5.26 Å². The smallest absolute Gasteiger partial charge is 0.123 e. The van der Waals surface area contributed by atoms with Gasteiger partial charge in [0.05, 0.1) is 6.07 Å². The number of benzene rings is 1. The average molecular weight is 236 g/mol. The fraction of sp³-hybridized carbons (Fsp3) is 0.417. The maximum absolute atomic E-state index is 8.96. The van der Waals surface area contributed by atoms with E-state index in [1.807, 2.05) is 25.1 Å². The highest BCUT2D eigenvalue weighted by Crippen LogP contribution is 2.28. The molecular formula is C12H14ClN3. The van der Waals surface area contributed by atoms with Gasteiger partial charge in [-0.15, -0.1) is 0 Å². The van der Waals surface area contributed by atoms with Gasteiger partial charge in [-0.1, -0.05) is 17.7 Å². The normalized spacial score (nSPS) is 24.5. The van der Waals surface area contributed by atoms with Crippen molar-refractivity contribution in [3.8, 4) is 6.07 Å². The zero-order valence-corrected chi connectivity index (χ0v) is 9.96. The Hall–Kier alpha value is -1.24. The Morgan fingerprint density at radius 1 is 1.56 bits per heavy atom. The van der Waals surface area contributed by atoms with Crippen molar-refractivity contribution in [2.75, 3.05) is 18.0 Å². The summed E-state index contributed by atoms with van der Waals surface area (Å²) >= 11 is 6.07. The van der Waals surface area contributed by atoms with Crippen LogP contribution < -0.4 is 10.6 Å². The second-order valence-corrected chi connectivity index (χ2v) is 4.78. The summed E-state index contributed by atoms with van der Waals surface area (Å²) in [6.45, 7) is 3.35. The summed E-state index contributed by atoms with van der Waals surface area (Å²) in [5, 5.41) is 9.71. The predicted octanol–water partition coefficient (Wildman–Crippen LogP) is 2.08. The third-order valence-corrected chi connectivity index (χ3v) is 3.45. The number of nitrogens with two attached hydrogens (primary N) is 1. The van der Waals surface area contributed by atoms with Gasteiger partial charge in [-0.05, 0) is 31.0 Å². The molecule has 4 heteroatoms. The number of aryl methyl sites for hydroxylation is 1. The Morgan fingerprint density at radius 3 is 2.88 bits per heavy atom. The lowest BCUT2D eigenvalue weighted by atomic mass is 10.0. The molecule has 1 aromatic rings. The van der Waals surface area contributed by atoms with Crippen molar-refractivity contribution in [2.45, 2.75) is 18.9 Å². The third kappa shape index (κ3) is 1.99. The minimum Gasteiger partial charge on any atom is -0.368 e. The van der Waals surface area contributed by atoms with Gasteiger partial charge in [0.15, 0.2) is 0 Å². The van der Waals surface area contributed by atoms with Crippen LogP contribution in [0.1, 0.15) is 12.0 Å². The van der Waals surface area contributed by atoms with Crippen LogP contribution in [0.15, 0.2) is 18.2 Å². The second-order valence-electron chi connectivity index (χ2n) is 4.37. The van der Waals surface area contributed by atoms with E-state index >= 15 is 0 Å². The Bertz CT molecular complexity index is 452. The molecule has 16 heavy (non-hydrogen) atoms. The van der Waals surface area contributed by atoms with Crippen LogP contribution in [-0.4, -0.2) is 18.6 Å². The Balaban J connectivity index is 2.22. The van der Waals surface area contributed by atoms with E-state index in [0.717, 1.165) is 22.8 Å². The molecular weight excluding hydrogens is 222 g/mol. The van der Waals surface area contributed by atoms with Gasteiger partial charge >= 0.3 is 0 Å². The first kappa shape index (κ1) is 11.3.